The Morgan fingerprint density at radius 3 is 2.57 bits per heavy atom. The van der Waals surface area contributed by atoms with Crippen LogP contribution in [-0.4, -0.2) is 27.3 Å². The molecule has 0 aliphatic rings. The highest BCUT2D eigenvalue weighted by molar-refractivity contribution is 7.99. The summed E-state index contributed by atoms with van der Waals surface area (Å²) in [7, 11) is 0. The standard InChI is InChI=1S/C20H13F2N3O4S/c21-19(22)29-17-5-2-1-4-14(17)16(26)8-6-13-7-9-18(15(12-13)25(27)28)30-20-23-10-3-11-24-20/h1-12,19H/b8-6-. The Kier molecular flexibility index (Phi) is 6.81. The van der Waals surface area contributed by atoms with E-state index >= 15 is 0 Å². The van der Waals surface area contributed by atoms with Gasteiger partial charge >= 0.3 is 6.61 Å². The Labute approximate surface area is 173 Å². The molecule has 0 bridgehead atoms. The molecule has 0 atom stereocenters. The van der Waals surface area contributed by atoms with Crippen LogP contribution in [-0.2, 0) is 0 Å². The van der Waals surface area contributed by atoms with Crippen LogP contribution in [0.15, 0.2) is 77.1 Å². The van der Waals surface area contributed by atoms with Gasteiger partial charge in [0.15, 0.2) is 10.9 Å². The zero-order chi connectivity index (χ0) is 21.5. The Bertz CT molecular complexity index is 1090. The minimum Gasteiger partial charge on any atom is -0.434 e. The van der Waals surface area contributed by atoms with E-state index in [9.17, 15) is 23.7 Å². The molecule has 0 fully saturated rings. The molecule has 7 nitrogen and oxygen atoms in total. The highest BCUT2D eigenvalue weighted by Crippen LogP contribution is 2.33. The molecule has 3 rings (SSSR count). The van der Waals surface area contributed by atoms with Gasteiger partial charge in [0.05, 0.1) is 15.4 Å². The molecular weight excluding hydrogens is 416 g/mol. The van der Waals surface area contributed by atoms with Gasteiger partial charge in [0.1, 0.15) is 5.75 Å². The van der Waals surface area contributed by atoms with Gasteiger partial charge in [-0.15, -0.1) is 0 Å². The maximum absolute atomic E-state index is 12.5. The first-order valence-corrected chi connectivity index (χ1v) is 9.25. The number of rotatable bonds is 8. The molecule has 0 unspecified atom stereocenters. The number of nitro groups is 1. The number of nitrogens with zero attached hydrogens (tertiary/aromatic N) is 3. The summed E-state index contributed by atoms with van der Waals surface area (Å²) in [5.74, 6) is -0.826. The molecule has 2 aromatic carbocycles. The molecular formula is C20H13F2N3O4S. The molecule has 0 saturated heterocycles. The third-order valence-corrected chi connectivity index (χ3v) is 4.68. The molecule has 10 heteroatoms. The van der Waals surface area contributed by atoms with Crippen molar-refractivity contribution in [2.24, 2.45) is 0 Å². The van der Waals surface area contributed by atoms with Crippen LogP contribution in [0, 0.1) is 10.1 Å². The number of benzene rings is 2. The minimum absolute atomic E-state index is 0.0445. The molecule has 1 aromatic heterocycles. The van der Waals surface area contributed by atoms with E-state index in [1.807, 2.05) is 0 Å². The van der Waals surface area contributed by atoms with Crippen molar-refractivity contribution in [3.8, 4) is 5.75 Å². The van der Waals surface area contributed by atoms with E-state index in [0.29, 0.717) is 15.6 Å². The van der Waals surface area contributed by atoms with Crippen LogP contribution in [0.1, 0.15) is 15.9 Å². The highest BCUT2D eigenvalue weighted by atomic mass is 32.2. The SMILES string of the molecule is O=C(/C=C\c1ccc(Sc2ncccn2)c([N+](=O)[O-])c1)c1ccccc1OC(F)F. The van der Waals surface area contributed by atoms with E-state index in [0.717, 1.165) is 17.8 Å². The molecule has 0 radical (unpaired) electrons. The van der Waals surface area contributed by atoms with E-state index in [2.05, 4.69) is 14.7 Å². The largest absolute Gasteiger partial charge is 0.434 e. The van der Waals surface area contributed by atoms with Gasteiger partial charge < -0.3 is 4.74 Å². The van der Waals surface area contributed by atoms with Crippen molar-refractivity contribution in [1.82, 2.24) is 9.97 Å². The predicted octanol–water partition coefficient (Wildman–Crippen LogP) is 5.03. The number of carbonyl (C=O) groups is 1. The van der Waals surface area contributed by atoms with E-state index in [1.165, 1.54) is 54.9 Å². The summed E-state index contributed by atoms with van der Waals surface area (Å²) >= 11 is 1.04. The van der Waals surface area contributed by atoms with Crippen molar-refractivity contribution in [2.45, 2.75) is 16.7 Å². The summed E-state index contributed by atoms with van der Waals surface area (Å²) in [6.07, 6.45) is 5.56. The average Bonchev–Trinajstić information content (AvgIpc) is 2.73. The zero-order valence-electron chi connectivity index (χ0n) is 15.1. The fourth-order valence-electron chi connectivity index (χ4n) is 2.43. The second-order valence-corrected chi connectivity index (χ2v) is 6.70. The topological polar surface area (TPSA) is 95.2 Å². The van der Waals surface area contributed by atoms with Gasteiger partial charge in [-0.1, -0.05) is 24.3 Å². The summed E-state index contributed by atoms with van der Waals surface area (Å²) in [6, 6.07) is 11.6. The summed E-state index contributed by atoms with van der Waals surface area (Å²) in [5, 5.41) is 11.8. The minimum atomic E-state index is -3.07. The van der Waals surface area contributed by atoms with Gasteiger partial charge in [0, 0.05) is 18.5 Å². The molecule has 30 heavy (non-hydrogen) atoms. The van der Waals surface area contributed by atoms with Crippen LogP contribution in [0.3, 0.4) is 0 Å². The Balaban J connectivity index is 1.83. The number of aromatic nitrogens is 2. The van der Waals surface area contributed by atoms with E-state index < -0.39 is 17.3 Å². The van der Waals surface area contributed by atoms with Gasteiger partial charge in [0.25, 0.3) is 5.69 Å². The molecule has 1 heterocycles. The fraction of sp³-hybridized carbons (Fsp3) is 0.0500. The number of carbonyl (C=O) groups excluding carboxylic acids is 1. The number of alkyl halides is 2. The van der Waals surface area contributed by atoms with E-state index in [1.54, 1.807) is 12.1 Å². The molecule has 0 amide bonds. The molecule has 152 valence electrons. The second-order valence-electron chi connectivity index (χ2n) is 5.69. The third kappa shape index (κ3) is 5.45. The number of ketones is 1. The van der Waals surface area contributed by atoms with Gasteiger partial charge in [-0.2, -0.15) is 8.78 Å². The Morgan fingerprint density at radius 2 is 1.87 bits per heavy atom. The highest BCUT2D eigenvalue weighted by Gasteiger charge is 2.17. The Morgan fingerprint density at radius 1 is 1.13 bits per heavy atom. The monoisotopic (exact) mass is 429 g/mol. The van der Waals surface area contributed by atoms with E-state index in [4.69, 9.17) is 0 Å². The van der Waals surface area contributed by atoms with Crippen LogP contribution in [0.4, 0.5) is 14.5 Å². The summed E-state index contributed by atoms with van der Waals surface area (Å²) in [6.45, 7) is -3.07. The number of hydrogen-bond acceptors (Lipinski definition) is 7. The van der Waals surface area contributed by atoms with Crippen LogP contribution >= 0.6 is 11.8 Å². The van der Waals surface area contributed by atoms with Crippen LogP contribution < -0.4 is 4.74 Å². The lowest BCUT2D eigenvalue weighted by Gasteiger charge is -2.08. The van der Waals surface area contributed by atoms with Gasteiger partial charge in [-0.3, -0.25) is 14.9 Å². The van der Waals surface area contributed by atoms with Gasteiger partial charge in [0.2, 0.25) is 0 Å². The summed E-state index contributed by atoms with van der Waals surface area (Å²) < 4.78 is 29.4. The first kappa shape index (κ1) is 21.1. The zero-order valence-corrected chi connectivity index (χ0v) is 16.0. The maximum Gasteiger partial charge on any atom is 0.387 e. The lowest BCUT2D eigenvalue weighted by Crippen LogP contribution is -2.06. The number of allylic oxidation sites excluding steroid dienone is 1. The number of ether oxygens (including phenoxy) is 1. The van der Waals surface area contributed by atoms with Gasteiger partial charge in [-0.25, -0.2) is 9.97 Å². The first-order valence-electron chi connectivity index (χ1n) is 8.43. The fourth-order valence-corrected chi connectivity index (χ4v) is 3.23. The average molecular weight is 429 g/mol. The second kappa shape index (κ2) is 9.70. The quantitative estimate of drug-likeness (QED) is 0.163. The third-order valence-electron chi connectivity index (χ3n) is 3.72. The number of hydrogen-bond donors (Lipinski definition) is 0. The summed E-state index contributed by atoms with van der Waals surface area (Å²) in [4.78, 5) is 31.7. The molecule has 3 aromatic rings. The molecule has 0 aliphatic carbocycles. The number of nitro benzene ring substituents is 1. The van der Waals surface area contributed by atoms with Crippen LogP contribution in [0.5, 0.6) is 5.75 Å². The van der Waals surface area contributed by atoms with Crippen molar-refractivity contribution in [3.05, 3.63) is 88.2 Å². The predicted molar refractivity (Wildman–Crippen MR) is 106 cm³/mol. The molecule has 0 spiro atoms. The maximum atomic E-state index is 12.5. The van der Waals surface area contributed by atoms with Crippen LogP contribution in [0.25, 0.3) is 6.08 Å². The van der Waals surface area contributed by atoms with Crippen molar-refractivity contribution in [3.63, 3.8) is 0 Å². The van der Waals surface area contributed by atoms with Crippen molar-refractivity contribution in [2.75, 3.05) is 0 Å². The first-order chi connectivity index (χ1) is 14.4. The van der Waals surface area contributed by atoms with Gasteiger partial charge in [-0.05, 0) is 47.7 Å². The summed E-state index contributed by atoms with van der Waals surface area (Å²) in [5.41, 5.74) is 0.168. The van der Waals surface area contributed by atoms with Crippen molar-refractivity contribution >= 4 is 29.3 Å². The Hall–Kier alpha value is -3.66. The van der Waals surface area contributed by atoms with E-state index in [-0.39, 0.29) is 17.0 Å². The van der Waals surface area contributed by atoms with Crippen molar-refractivity contribution in [1.29, 1.82) is 0 Å². The number of halogens is 2. The smallest absolute Gasteiger partial charge is 0.387 e. The molecule has 0 aliphatic heterocycles. The molecule has 0 saturated carbocycles. The molecule has 0 N–H and O–H groups in total. The number of para-hydroxylation sites is 1. The van der Waals surface area contributed by atoms with Crippen LogP contribution in [0.2, 0.25) is 0 Å². The lowest BCUT2D eigenvalue weighted by molar-refractivity contribution is -0.387. The normalized spacial score (nSPS) is 11.0. The van der Waals surface area contributed by atoms with Crippen molar-refractivity contribution < 1.29 is 23.2 Å². The lowest BCUT2D eigenvalue weighted by atomic mass is 10.1.